The second-order valence-electron chi connectivity index (χ2n) is 7.25. The number of para-hydroxylation sites is 1. The molecule has 3 N–H and O–H groups in total. The van der Waals surface area contributed by atoms with Gasteiger partial charge in [0.1, 0.15) is 6.54 Å². The summed E-state index contributed by atoms with van der Waals surface area (Å²) in [5, 5.41) is 5.76. The first kappa shape index (κ1) is 20.3. The summed E-state index contributed by atoms with van der Waals surface area (Å²) in [5.41, 5.74) is 3.76. The molecule has 0 heterocycles. The van der Waals surface area contributed by atoms with E-state index in [1.807, 2.05) is 18.2 Å². The van der Waals surface area contributed by atoms with Crippen molar-refractivity contribution >= 4 is 17.5 Å². The number of rotatable bonds is 7. The Morgan fingerprint density at radius 3 is 2.07 bits per heavy atom. The normalized spacial score (nSPS) is 10.6. The molecule has 0 aliphatic heterocycles. The summed E-state index contributed by atoms with van der Waals surface area (Å²) in [7, 11) is 4.23. The van der Waals surface area contributed by atoms with Crippen molar-refractivity contribution in [3.05, 3.63) is 101 Å². The molecule has 2 amide bonds. The highest BCUT2D eigenvalue weighted by Gasteiger charge is 2.14. The first-order valence-corrected chi connectivity index (χ1v) is 9.63. The molecule has 0 bridgehead atoms. The quantitative estimate of drug-likeness (QED) is 0.582. The number of hydrogen-bond donors (Lipinski definition) is 3. The van der Waals surface area contributed by atoms with E-state index in [9.17, 15) is 9.59 Å². The van der Waals surface area contributed by atoms with Gasteiger partial charge in [0.25, 0.3) is 11.8 Å². The molecule has 0 spiro atoms. The van der Waals surface area contributed by atoms with Crippen LogP contribution in [-0.2, 0) is 13.1 Å². The van der Waals surface area contributed by atoms with E-state index in [1.54, 1.807) is 48.5 Å². The minimum absolute atomic E-state index is 0.226. The summed E-state index contributed by atoms with van der Waals surface area (Å²) in [6.45, 7) is 1.38. The van der Waals surface area contributed by atoms with E-state index in [0.717, 1.165) is 12.1 Å². The number of anilines is 1. The van der Waals surface area contributed by atoms with Crippen molar-refractivity contribution in [3.63, 3.8) is 0 Å². The molecule has 3 aromatic rings. The Labute approximate surface area is 171 Å². The molecular formula is C24H26N3O2+. The van der Waals surface area contributed by atoms with E-state index in [-0.39, 0.29) is 11.8 Å². The van der Waals surface area contributed by atoms with Crippen LogP contribution in [0, 0.1) is 0 Å². The van der Waals surface area contributed by atoms with Gasteiger partial charge in [0.05, 0.1) is 25.3 Å². The minimum Gasteiger partial charge on any atom is -0.348 e. The number of hydrogen-bond acceptors (Lipinski definition) is 2. The number of carbonyl (C=O) groups excluding carboxylic acids is 2. The Hall–Kier alpha value is -3.44. The van der Waals surface area contributed by atoms with Crippen molar-refractivity contribution < 1.29 is 14.5 Å². The van der Waals surface area contributed by atoms with Crippen molar-refractivity contribution in [3.8, 4) is 0 Å². The molecule has 148 valence electrons. The van der Waals surface area contributed by atoms with Crippen LogP contribution in [0.4, 0.5) is 5.69 Å². The molecule has 5 nitrogen and oxygen atoms in total. The topological polar surface area (TPSA) is 62.6 Å². The number of benzene rings is 3. The fraction of sp³-hybridized carbons (Fsp3) is 0.167. The lowest BCUT2D eigenvalue weighted by Crippen LogP contribution is -3.04. The molecular weight excluding hydrogens is 362 g/mol. The number of nitrogens with one attached hydrogen (secondary N) is 3. The van der Waals surface area contributed by atoms with Gasteiger partial charge in [-0.3, -0.25) is 9.59 Å². The lowest BCUT2D eigenvalue weighted by molar-refractivity contribution is -0.872. The van der Waals surface area contributed by atoms with Crippen LogP contribution in [0.2, 0.25) is 0 Å². The molecule has 0 aromatic heterocycles. The van der Waals surface area contributed by atoms with Crippen LogP contribution in [0.1, 0.15) is 31.8 Å². The van der Waals surface area contributed by atoms with Crippen LogP contribution in [0.3, 0.4) is 0 Å². The fourth-order valence-corrected chi connectivity index (χ4v) is 3.03. The highest BCUT2D eigenvalue weighted by atomic mass is 16.2. The lowest BCUT2D eigenvalue weighted by Gasteiger charge is -2.12. The number of amides is 2. The third-order valence-electron chi connectivity index (χ3n) is 4.49. The second kappa shape index (κ2) is 9.66. The molecule has 0 unspecified atom stereocenters. The van der Waals surface area contributed by atoms with E-state index in [2.05, 4.69) is 36.9 Å². The van der Waals surface area contributed by atoms with Gasteiger partial charge in [-0.1, -0.05) is 54.6 Å². The highest BCUT2D eigenvalue weighted by Crippen LogP contribution is 2.16. The standard InChI is InChI=1S/C24H25N3O2/c1-27(2)17-19-14-12-18(13-15-19)16-25-24(29)21-10-6-7-11-22(21)26-23(28)20-8-4-3-5-9-20/h3-15H,16-17H2,1-2H3,(H,25,29)(H,26,28)/p+1. The Morgan fingerprint density at radius 1 is 0.759 bits per heavy atom. The van der Waals surface area contributed by atoms with Crippen molar-refractivity contribution in [2.45, 2.75) is 13.1 Å². The van der Waals surface area contributed by atoms with Gasteiger partial charge in [0, 0.05) is 17.7 Å². The Kier molecular flexibility index (Phi) is 6.76. The van der Waals surface area contributed by atoms with Gasteiger partial charge >= 0.3 is 0 Å². The SMILES string of the molecule is C[NH+](C)Cc1ccc(CNC(=O)c2ccccc2NC(=O)c2ccccc2)cc1. The maximum Gasteiger partial charge on any atom is 0.255 e. The molecule has 29 heavy (non-hydrogen) atoms. The van der Waals surface area contributed by atoms with Crippen molar-refractivity contribution in [1.82, 2.24) is 5.32 Å². The van der Waals surface area contributed by atoms with Gasteiger partial charge in [-0.2, -0.15) is 0 Å². The van der Waals surface area contributed by atoms with Crippen molar-refractivity contribution in [1.29, 1.82) is 0 Å². The zero-order valence-corrected chi connectivity index (χ0v) is 16.7. The van der Waals surface area contributed by atoms with Crippen LogP contribution in [0.5, 0.6) is 0 Å². The predicted molar refractivity (Wildman–Crippen MR) is 115 cm³/mol. The maximum atomic E-state index is 12.7. The second-order valence-corrected chi connectivity index (χ2v) is 7.25. The molecule has 0 aliphatic rings. The first-order chi connectivity index (χ1) is 14.0. The maximum absolute atomic E-state index is 12.7. The van der Waals surface area contributed by atoms with Crippen LogP contribution in [0.15, 0.2) is 78.9 Å². The fourth-order valence-electron chi connectivity index (χ4n) is 3.03. The number of carbonyl (C=O) groups is 2. The van der Waals surface area contributed by atoms with Gasteiger partial charge in [-0.25, -0.2) is 0 Å². The van der Waals surface area contributed by atoms with Crippen LogP contribution in [-0.4, -0.2) is 25.9 Å². The van der Waals surface area contributed by atoms with Gasteiger partial charge in [0.15, 0.2) is 0 Å². The molecule has 0 fully saturated rings. The van der Waals surface area contributed by atoms with E-state index in [1.165, 1.54) is 10.5 Å². The van der Waals surface area contributed by atoms with E-state index >= 15 is 0 Å². The van der Waals surface area contributed by atoms with Crippen molar-refractivity contribution in [2.24, 2.45) is 0 Å². The zero-order chi connectivity index (χ0) is 20.6. The predicted octanol–water partition coefficient (Wildman–Crippen LogP) is 2.51. The van der Waals surface area contributed by atoms with Gasteiger partial charge in [0.2, 0.25) is 0 Å². The van der Waals surface area contributed by atoms with Gasteiger partial charge in [-0.05, 0) is 29.8 Å². The lowest BCUT2D eigenvalue weighted by atomic mass is 10.1. The molecule has 0 aliphatic carbocycles. The third-order valence-corrected chi connectivity index (χ3v) is 4.49. The van der Waals surface area contributed by atoms with Crippen LogP contribution >= 0.6 is 0 Å². The molecule has 0 radical (unpaired) electrons. The van der Waals surface area contributed by atoms with Crippen LogP contribution < -0.4 is 15.5 Å². The Morgan fingerprint density at radius 2 is 1.38 bits per heavy atom. The zero-order valence-electron chi connectivity index (χ0n) is 16.7. The molecule has 3 rings (SSSR count). The first-order valence-electron chi connectivity index (χ1n) is 9.63. The summed E-state index contributed by atoms with van der Waals surface area (Å²) in [4.78, 5) is 26.5. The smallest absolute Gasteiger partial charge is 0.255 e. The average Bonchev–Trinajstić information content (AvgIpc) is 2.73. The Bertz CT molecular complexity index is 967. The largest absolute Gasteiger partial charge is 0.348 e. The van der Waals surface area contributed by atoms with Crippen LogP contribution in [0.25, 0.3) is 0 Å². The molecule has 3 aromatic carbocycles. The number of quaternary nitrogens is 1. The summed E-state index contributed by atoms with van der Waals surface area (Å²) in [5.74, 6) is -0.472. The average molecular weight is 388 g/mol. The molecule has 0 saturated carbocycles. The highest BCUT2D eigenvalue weighted by molar-refractivity contribution is 6.08. The van der Waals surface area contributed by atoms with Crippen molar-refractivity contribution in [2.75, 3.05) is 19.4 Å². The molecule has 0 saturated heterocycles. The third kappa shape index (κ3) is 5.77. The van der Waals surface area contributed by atoms with Gasteiger partial charge in [-0.15, -0.1) is 0 Å². The summed E-state index contributed by atoms with van der Waals surface area (Å²) in [6, 6.07) is 24.2. The van der Waals surface area contributed by atoms with E-state index in [0.29, 0.717) is 23.4 Å². The summed E-state index contributed by atoms with van der Waals surface area (Å²) in [6.07, 6.45) is 0. The Balaban J connectivity index is 1.64. The van der Waals surface area contributed by atoms with E-state index in [4.69, 9.17) is 0 Å². The summed E-state index contributed by atoms with van der Waals surface area (Å²) < 4.78 is 0. The monoisotopic (exact) mass is 388 g/mol. The summed E-state index contributed by atoms with van der Waals surface area (Å²) >= 11 is 0. The molecule has 0 atom stereocenters. The van der Waals surface area contributed by atoms with Gasteiger partial charge < -0.3 is 15.5 Å². The minimum atomic E-state index is -0.246. The molecule has 5 heteroatoms. The van der Waals surface area contributed by atoms with E-state index < -0.39 is 0 Å².